The van der Waals surface area contributed by atoms with Crippen molar-refractivity contribution in [2.75, 3.05) is 11.9 Å². The lowest BCUT2D eigenvalue weighted by atomic mass is 9.77. The SMILES string of the molecule is Cc1nccnc1NCC1Cc2ccccc21. The summed E-state index contributed by atoms with van der Waals surface area (Å²) in [5.74, 6) is 1.52. The van der Waals surface area contributed by atoms with E-state index in [0.29, 0.717) is 5.92 Å². The van der Waals surface area contributed by atoms with E-state index < -0.39 is 0 Å². The van der Waals surface area contributed by atoms with Crippen molar-refractivity contribution < 1.29 is 0 Å². The Bertz CT molecular complexity index is 536. The van der Waals surface area contributed by atoms with Gasteiger partial charge in [-0.1, -0.05) is 24.3 Å². The molecular weight excluding hydrogens is 210 g/mol. The first-order valence-corrected chi connectivity index (χ1v) is 5.94. The lowest BCUT2D eigenvalue weighted by Gasteiger charge is -2.30. The average Bonchev–Trinajstić information content (AvgIpc) is 2.32. The molecule has 0 fully saturated rings. The molecule has 0 radical (unpaired) electrons. The molecule has 0 saturated carbocycles. The smallest absolute Gasteiger partial charge is 0.147 e. The summed E-state index contributed by atoms with van der Waals surface area (Å²) in [6, 6.07) is 8.64. The summed E-state index contributed by atoms with van der Waals surface area (Å²) < 4.78 is 0. The Morgan fingerprint density at radius 1 is 1.24 bits per heavy atom. The summed E-state index contributed by atoms with van der Waals surface area (Å²) in [5.41, 5.74) is 3.91. The zero-order valence-electron chi connectivity index (χ0n) is 9.85. The van der Waals surface area contributed by atoms with Crippen LogP contribution in [0.1, 0.15) is 22.7 Å². The molecule has 3 heteroatoms. The molecule has 0 bridgehead atoms. The molecule has 0 spiro atoms. The molecule has 0 saturated heterocycles. The van der Waals surface area contributed by atoms with Gasteiger partial charge in [-0.05, 0) is 24.5 Å². The molecule has 0 aliphatic heterocycles. The minimum Gasteiger partial charge on any atom is -0.368 e. The molecule has 2 aromatic rings. The number of benzene rings is 1. The molecule has 86 valence electrons. The highest BCUT2D eigenvalue weighted by Crippen LogP contribution is 2.34. The molecule has 1 aliphatic rings. The average molecular weight is 225 g/mol. The van der Waals surface area contributed by atoms with Crippen molar-refractivity contribution in [1.82, 2.24) is 9.97 Å². The Morgan fingerprint density at radius 2 is 2.06 bits per heavy atom. The molecule has 1 unspecified atom stereocenters. The second kappa shape index (κ2) is 4.17. The van der Waals surface area contributed by atoms with E-state index in [4.69, 9.17) is 0 Å². The van der Waals surface area contributed by atoms with E-state index in [1.165, 1.54) is 17.5 Å². The summed E-state index contributed by atoms with van der Waals surface area (Å²) in [6.45, 7) is 2.92. The van der Waals surface area contributed by atoms with Crippen LogP contribution >= 0.6 is 0 Å². The molecule has 1 aromatic carbocycles. The van der Waals surface area contributed by atoms with Crippen molar-refractivity contribution in [2.45, 2.75) is 19.3 Å². The highest BCUT2D eigenvalue weighted by molar-refractivity contribution is 5.44. The van der Waals surface area contributed by atoms with E-state index in [1.54, 1.807) is 12.4 Å². The van der Waals surface area contributed by atoms with Crippen LogP contribution in [0.5, 0.6) is 0 Å². The van der Waals surface area contributed by atoms with Crippen LogP contribution in [-0.4, -0.2) is 16.5 Å². The third-order valence-electron chi connectivity index (χ3n) is 3.36. The Hall–Kier alpha value is -1.90. The fourth-order valence-electron chi connectivity index (χ4n) is 2.35. The van der Waals surface area contributed by atoms with Crippen LogP contribution < -0.4 is 5.32 Å². The maximum atomic E-state index is 4.29. The van der Waals surface area contributed by atoms with Crippen molar-refractivity contribution in [1.29, 1.82) is 0 Å². The van der Waals surface area contributed by atoms with E-state index in [2.05, 4.69) is 39.6 Å². The first kappa shape index (κ1) is 10.3. The molecule has 3 nitrogen and oxygen atoms in total. The summed E-state index contributed by atoms with van der Waals surface area (Å²) in [7, 11) is 0. The fourth-order valence-corrected chi connectivity index (χ4v) is 2.35. The number of nitrogens with one attached hydrogen (secondary N) is 1. The van der Waals surface area contributed by atoms with Crippen molar-refractivity contribution in [3.63, 3.8) is 0 Å². The first-order chi connectivity index (χ1) is 8.34. The standard InChI is InChI=1S/C14H15N3/c1-10-14(16-7-6-15-10)17-9-12-8-11-4-2-3-5-13(11)12/h2-7,12H,8-9H2,1H3,(H,16,17). The van der Waals surface area contributed by atoms with E-state index in [1.807, 2.05) is 6.92 Å². The van der Waals surface area contributed by atoms with Gasteiger partial charge < -0.3 is 5.32 Å². The molecule has 1 heterocycles. The van der Waals surface area contributed by atoms with Crippen LogP contribution in [0.2, 0.25) is 0 Å². The fraction of sp³-hybridized carbons (Fsp3) is 0.286. The van der Waals surface area contributed by atoms with Gasteiger partial charge in [0.15, 0.2) is 0 Å². The van der Waals surface area contributed by atoms with Crippen molar-refractivity contribution in [3.05, 3.63) is 53.5 Å². The van der Waals surface area contributed by atoms with Gasteiger partial charge in [-0.2, -0.15) is 0 Å². The lowest BCUT2D eigenvalue weighted by molar-refractivity contribution is 0.634. The number of anilines is 1. The number of aryl methyl sites for hydroxylation is 1. The number of nitrogens with zero attached hydrogens (tertiary/aromatic N) is 2. The van der Waals surface area contributed by atoms with Gasteiger partial charge in [0.1, 0.15) is 5.82 Å². The van der Waals surface area contributed by atoms with Crippen molar-refractivity contribution in [3.8, 4) is 0 Å². The second-order valence-electron chi connectivity index (χ2n) is 4.47. The Labute approximate surface area is 101 Å². The van der Waals surface area contributed by atoms with Gasteiger partial charge >= 0.3 is 0 Å². The third-order valence-corrected chi connectivity index (χ3v) is 3.36. The molecule has 1 N–H and O–H groups in total. The molecular formula is C14H15N3. The predicted molar refractivity (Wildman–Crippen MR) is 68.1 cm³/mol. The van der Waals surface area contributed by atoms with E-state index in [0.717, 1.165) is 18.1 Å². The minimum atomic E-state index is 0.618. The molecule has 1 atom stereocenters. The quantitative estimate of drug-likeness (QED) is 0.872. The van der Waals surface area contributed by atoms with E-state index >= 15 is 0 Å². The van der Waals surface area contributed by atoms with E-state index in [9.17, 15) is 0 Å². The largest absolute Gasteiger partial charge is 0.368 e. The van der Waals surface area contributed by atoms with E-state index in [-0.39, 0.29) is 0 Å². The van der Waals surface area contributed by atoms with Gasteiger partial charge in [-0.3, -0.25) is 4.98 Å². The summed E-state index contributed by atoms with van der Waals surface area (Å²) >= 11 is 0. The Morgan fingerprint density at radius 3 is 2.88 bits per heavy atom. The minimum absolute atomic E-state index is 0.618. The van der Waals surface area contributed by atoms with Gasteiger partial charge in [-0.15, -0.1) is 0 Å². The maximum Gasteiger partial charge on any atom is 0.147 e. The summed E-state index contributed by atoms with van der Waals surface area (Å²) in [4.78, 5) is 8.51. The van der Waals surface area contributed by atoms with Gasteiger partial charge in [-0.25, -0.2) is 4.98 Å². The molecule has 17 heavy (non-hydrogen) atoms. The highest BCUT2D eigenvalue weighted by atomic mass is 15.0. The van der Waals surface area contributed by atoms with Gasteiger partial charge in [0.2, 0.25) is 0 Å². The molecule has 0 amide bonds. The molecule has 1 aromatic heterocycles. The van der Waals surface area contributed by atoms with Crippen LogP contribution in [-0.2, 0) is 6.42 Å². The Kier molecular flexibility index (Phi) is 2.52. The predicted octanol–water partition coefficient (Wildman–Crippen LogP) is 2.54. The number of rotatable bonds is 3. The Balaban J connectivity index is 1.66. The molecule has 1 aliphatic carbocycles. The lowest BCUT2D eigenvalue weighted by Crippen LogP contribution is -2.24. The van der Waals surface area contributed by atoms with Gasteiger partial charge in [0, 0.05) is 24.9 Å². The zero-order valence-corrected chi connectivity index (χ0v) is 9.85. The zero-order chi connectivity index (χ0) is 11.7. The summed E-state index contributed by atoms with van der Waals surface area (Å²) in [6.07, 6.45) is 4.62. The number of fused-ring (bicyclic) bond motifs is 1. The number of hydrogen-bond donors (Lipinski definition) is 1. The van der Waals surface area contributed by atoms with Crippen LogP contribution in [0, 0.1) is 6.92 Å². The van der Waals surface area contributed by atoms with Gasteiger partial charge in [0.25, 0.3) is 0 Å². The van der Waals surface area contributed by atoms with Crippen LogP contribution in [0.15, 0.2) is 36.7 Å². The van der Waals surface area contributed by atoms with Gasteiger partial charge in [0.05, 0.1) is 5.69 Å². The second-order valence-corrected chi connectivity index (χ2v) is 4.47. The molecule has 3 rings (SSSR count). The first-order valence-electron chi connectivity index (χ1n) is 5.94. The van der Waals surface area contributed by atoms with Crippen LogP contribution in [0.25, 0.3) is 0 Å². The topological polar surface area (TPSA) is 37.8 Å². The summed E-state index contributed by atoms with van der Waals surface area (Å²) in [5, 5.41) is 3.38. The van der Waals surface area contributed by atoms with Crippen molar-refractivity contribution in [2.24, 2.45) is 0 Å². The number of aromatic nitrogens is 2. The highest BCUT2D eigenvalue weighted by Gasteiger charge is 2.24. The van der Waals surface area contributed by atoms with Crippen LogP contribution in [0.3, 0.4) is 0 Å². The monoisotopic (exact) mass is 225 g/mol. The maximum absolute atomic E-state index is 4.29. The number of hydrogen-bond acceptors (Lipinski definition) is 3. The third kappa shape index (κ3) is 1.88. The van der Waals surface area contributed by atoms with Crippen molar-refractivity contribution >= 4 is 5.82 Å². The normalized spacial score (nSPS) is 17.1. The van der Waals surface area contributed by atoms with Crippen LogP contribution in [0.4, 0.5) is 5.82 Å².